The van der Waals surface area contributed by atoms with Crippen LogP contribution < -0.4 is 0 Å². The predicted octanol–water partition coefficient (Wildman–Crippen LogP) is 3.09. The summed E-state index contributed by atoms with van der Waals surface area (Å²) in [6, 6.07) is 6.43. The van der Waals surface area contributed by atoms with E-state index in [2.05, 4.69) is 4.98 Å². The van der Waals surface area contributed by atoms with E-state index in [-0.39, 0.29) is 17.8 Å². The Bertz CT molecular complexity index is 596. The number of carbonyl (C=O) groups excluding carboxylic acids is 1. The summed E-state index contributed by atoms with van der Waals surface area (Å²) in [5.74, 6) is -1.57. The number of Topliss-reactive ketones (excluding diaryl/α,β-unsaturated/α-hetero) is 1. The lowest BCUT2D eigenvalue weighted by atomic mass is 10.0. The molecule has 0 aliphatic rings. The molecule has 0 saturated carbocycles. The van der Waals surface area contributed by atoms with Crippen LogP contribution in [0.2, 0.25) is 0 Å². The fraction of sp³-hybridized carbons (Fsp3) is 0.143. The molecule has 0 spiro atoms. The molecule has 18 heavy (non-hydrogen) atoms. The molecule has 0 amide bonds. The number of hydrogen-bond donors (Lipinski definition) is 0. The molecule has 2 nitrogen and oxygen atoms in total. The number of aryl methyl sites for hydroxylation is 1. The highest BCUT2D eigenvalue weighted by atomic mass is 19.1. The van der Waals surface area contributed by atoms with Crippen molar-refractivity contribution in [2.24, 2.45) is 0 Å². The lowest BCUT2D eigenvalue weighted by Crippen LogP contribution is -2.06. The maximum absolute atomic E-state index is 13.4. The van der Waals surface area contributed by atoms with Crippen molar-refractivity contribution in [3.05, 3.63) is 65.0 Å². The highest BCUT2D eigenvalue weighted by molar-refractivity contribution is 5.97. The maximum Gasteiger partial charge on any atom is 0.167 e. The molecule has 1 aromatic heterocycles. The average Bonchev–Trinajstić information content (AvgIpc) is 2.32. The van der Waals surface area contributed by atoms with Gasteiger partial charge in [-0.1, -0.05) is 6.07 Å². The van der Waals surface area contributed by atoms with E-state index >= 15 is 0 Å². The summed E-state index contributed by atoms with van der Waals surface area (Å²) in [7, 11) is 0. The molecular weight excluding hydrogens is 236 g/mol. The van der Waals surface area contributed by atoms with E-state index in [1.54, 1.807) is 19.1 Å². The van der Waals surface area contributed by atoms with E-state index in [4.69, 9.17) is 0 Å². The van der Waals surface area contributed by atoms with Crippen LogP contribution in [0.3, 0.4) is 0 Å². The van der Waals surface area contributed by atoms with Gasteiger partial charge in [0.1, 0.15) is 11.6 Å². The lowest BCUT2D eigenvalue weighted by Gasteiger charge is -2.03. The second-order valence-electron chi connectivity index (χ2n) is 4.02. The standard InChI is InChI=1S/C14H11F2NO/c1-9-6-11(4-5-17-9)14(18)7-10-2-3-12(15)8-13(10)16/h2-6,8H,7H2,1H3. The first-order chi connectivity index (χ1) is 8.56. The van der Waals surface area contributed by atoms with E-state index < -0.39 is 11.6 Å². The minimum atomic E-state index is -0.700. The Morgan fingerprint density at radius 3 is 2.67 bits per heavy atom. The summed E-state index contributed by atoms with van der Waals surface area (Å²) < 4.78 is 26.1. The molecule has 0 atom stereocenters. The smallest absolute Gasteiger partial charge is 0.167 e. The number of hydrogen-bond acceptors (Lipinski definition) is 2. The number of nitrogens with zero attached hydrogens (tertiary/aromatic N) is 1. The Kier molecular flexibility index (Phi) is 3.46. The SMILES string of the molecule is Cc1cc(C(=O)Cc2ccc(F)cc2F)ccn1. The zero-order valence-electron chi connectivity index (χ0n) is 9.78. The van der Waals surface area contributed by atoms with Gasteiger partial charge in [0.05, 0.1) is 0 Å². The topological polar surface area (TPSA) is 30.0 Å². The van der Waals surface area contributed by atoms with Crippen LogP contribution in [0.25, 0.3) is 0 Å². The molecule has 2 aromatic rings. The van der Waals surface area contributed by atoms with Crippen LogP contribution in [0.1, 0.15) is 21.6 Å². The monoisotopic (exact) mass is 247 g/mol. The Morgan fingerprint density at radius 2 is 2.00 bits per heavy atom. The molecule has 0 aliphatic heterocycles. The molecule has 0 bridgehead atoms. The normalized spacial score (nSPS) is 10.4. The molecule has 0 radical (unpaired) electrons. The Morgan fingerprint density at radius 1 is 1.22 bits per heavy atom. The van der Waals surface area contributed by atoms with E-state index in [0.29, 0.717) is 5.56 Å². The van der Waals surface area contributed by atoms with Crippen molar-refractivity contribution in [1.82, 2.24) is 4.98 Å². The summed E-state index contributed by atoms with van der Waals surface area (Å²) >= 11 is 0. The van der Waals surface area contributed by atoms with Gasteiger partial charge in [0.25, 0.3) is 0 Å². The molecule has 0 unspecified atom stereocenters. The van der Waals surface area contributed by atoms with Crippen molar-refractivity contribution in [2.45, 2.75) is 13.3 Å². The van der Waals surface area contributed by atoms with Crippen molar-refractivity contribution in [3.8, 4) is 0 Å². The van der Waals surface area contributed by atoms with E-state index in [9.17, 15) is 13.6 Å². The predicted molar refractivity (Wildman–Crippen MR) is 63.4 cm³/mol. The molecule has 0 N–H and O–H groups in total. The van der Waals surface area contributed by atoms with E-state index in [0.717, 1.165) is 17.8 Å². The number of halogens is 2. The fourth-order valence-electron chi connectivity index (χ4n) is 1.66. The maximum atomic E-state index is 13.4. The molecule has 1 aromatic carbocycles. The highest BCUT2D eigenvalue weighted by Crippen LogP contribution is 2.13. The van der Waals surface area contributed by atoms with Crippen LogP contribution in [0.15, 0.2) is 36.5 Å². The van der Waals surface area contributed by atoms with Gasteiger partial charge in [0.15, 0.2) is 5.78 Å². The van der Waals surface area contributed by atoms with Gasteiger partial charge < -0.3 is 0 Å². The highest BCUT2D eigenvalue weighted by Gasteiger charge is 2.11. The zero-order valence-corrected chi connectivity index (χ0v) is 9.78. The van der Waals surface area contributed by atoms with Crippen molar-refractivity contribution < 1.29 is 13.6 Å². The van der Waals surface area contributed by atoms with Gasteiger partial charge in [-0.25, -0.2) is 8.78 Å². The first-order valence-corrected chi connectivity index (χ1v) is 5.46. The number of aromatic nitrogens is 1. The molecule has 2 rings (SSSR count). The van der Waals surface area contributed by atoms with Gasteiger partial charge in [-0.3, -0.25) is 9.78 Å². The molecule has 0 saturated heterocycles. The summed E-state index contributed by atoms with van der Waals surface area (Å²) in [6.45, 7) is 1.77. The van der Waals surface area contributed by atoms with Gasteiger partial charge >= 0.3 is 0 Å². The van der Waals surface area contributed by atoms with Gasteiger partial charge in [0.2, 0.25) is 0 Å². The lowest BCUT2D eigenvalue weighted by molar-refractivity contribution is 0.0991. The van der Waals surface area contributed by atoms with Crippen LogP contribution in [0.5, 0.6) is 0 Å². The molecule has 92 valence electrons. The van der Waals surface area contributed by atoms with Crippen molar-refractivity contribution in [3.63, 3.8) is 0 Å². The van der Waals surface area contributed by atoms with E-state index in [1.807, 2.05) is 0 Å². The van der Waals surface area contributed by atoms with Crippen molar-refractivity contribution in [2.75, 3.05) is 0 Å². The van der Waals surface area contributed by atoms with Gasteiger partial charge in [0, 0.05) is 29.9 Å². The molecule has 1 heterocycles. The summed E-state index contributed by atoms with van der Waals surface area (Å²) in [5, 5.41) is 0. The Balaban J connectivity index is 2.21. The van der Waals surface area contributed by atoms with Crippen molar-refractivity contribution >= 4 is 5.78 Å². The fourth-order valence-corrected chi connectivity index (χ4v) is 1.66. The number of ketones is 1. The van der Waals surface area contributed by atoms with Gasteiger partial charge in [-0.2, -0.15) is 0 Å². The quantitative estimate of drug-likeness (QED) is 0.780. The third-order valence-electron chi connectivity index (χ3n) is 2.58. The van der Waals surface area contributed by atoms with Gasteiger partial charge in [-0.05, 0) is 30.7 Å². The first kappa shape index (κ1) is 12.4. The Labute approximate surface area is 103 Å². The number of rotatable bonds is 3. The first-order valence-electron chi connectivity index (χ1n) is 5.46. The molecule has 4 heteroatoms. The number of pyridine rings is 1. The van der Waals surface area contributed by atoms with Crippen LogP contribution in [0, 0.1) is 18.6 Å². The van der Waals surface area contributed by atoms with Crippen molar-refractivity contribution in [1.29, 1.82) is 0 Å². The van der Waals surface area contributed by atoms with E-state index in [1.165, 1.54) is 12.3 Å². The van der Waals surface area contributed by atoms with Crippen LogP contribution in [-0.2, 0) is 6.42 Å². The Hall–Kier alpha value is -2.10. The molecule has 0 aliphatic carbocycles. The summed E-state index contributed by atoms with van der Waals surface area (Å²) in [4.78, 5) is 15.9. The van der Waals surface area contributed by atoms with Gasteiger partial charge in [-0.15, -0.1) is 0 Å². The molecular formula is C14H11F2NO. The minimum absolute atomic E-state index is 0.0877. The number of carbonyl (C=O) groups is 1. The van der Waals surface area contributed by atoms with Crippen LogP contribution >= 0.6 is 0 Å². The summed E-state index contributed by atoms with van der Waals surface area (Å²) in [5.41, 5.74) is 1.39. The molecule has 0 fully saturated rings. The third-order valence-corrected chi connectivity index (χ3v) is 2.58. The number of benzene rings is 1. The second kappa shape index (κ2) is 5.04. The second-order valence-corrected chi connectivity index (χ2v) is 4.02. The zero-order chi connectivity index (χ0) is 13.1. The minimum Gasteiger partial charge on any atom is -0.294 e. The van der Waals surface area contributed by atoms with Crippen LogP contribution in [0.4, 0.5) is 8.78 Å². The van der Waals surface area contributed by atoms with Crippen LogP contribution in [-0.4, -0.2) is 10.8 Å². The largest absolute Gasteiger partial charge is 0.294 e. The third kappa shape index (κ3) is 2.77. The average molecular weight is 247 g/mol. The summed E-state index contributed by atoms with van der Waals surface area (Å²) in [6.07, 6.45) is 1.44.